The van der Waals surface area contributed by atoms with Gasteiger partial charge in [0.25, 0.3) is 5.91 Å². The van der Waals surface area contributed by atoms with Crippen LogP contribution in [0, 0.1) is 0 Å². The molecule has 34 heavy (non-hydrogen) atoms. The highest BCUT2D eigenvalue weighted by Crippen LogP contribution is 2.31. The summed E-state index contributed by atoms with van der Waals surface area (Å²) in [5.74, 6) is 0.0326. The standard InChI is InChI=1S/C24H28ClN5O4/c25-18-11-26-24(27-16-6-8-34-9-7-16)29-22(18)14-4-5-15-12-30(23(33)17(15)10-14)13-21(32)28-19-2-1-3-20(19)31/h4-5,10-11,16,19-20,31H,1-3,6-9,12-13H2,(H,28,32)(H,26,27,29)/t19-,20+/m0/s1. The second-order valence-electron chi connectivity index (χ2n) is 9.13. The van der Waals surface area contributed by atoms with Crippen LogP contribution in [0.3, 0.4) is 0 Å². The normalized spacial score (nSPS) is 22.6. The van der Waals surface area contributed by atoms with Crippen LogP contribution in [0.15, 0.2) is 24.4 Å². The summed E-state index contributed by atoms with van der Waals surface area (Å²) in [5.41, 5.74) is 2.66. The minimum Gasteiger partial charge on any atom is -0.391 e. The molecule has 1 aromatic carbocycles. The Morgan fingerprint density at radius 3 is 2.82 bits per heavy atom. The van der Waals surface area contributed by atoms with Crippen molar-refractivity contribution in [2.45, 2.75) is 56.8 Å². The summed E-state index contributed by atoms with van der Waals surface area (Å²) in [5, 5.41) is 16.5. The van der Waals surface area contributed by atoms with Crippen molar-refractivity contribution in [3.05, 3.63) is 40.5 Å². The molecule has 10 heteroatoms. The lowest BCUT2D eigenvalue weighted by molar-refractivity contribution is -0.123. The maximum absolute atomic E-state index is 13.0. The number of benzene rings is 1. The molecule has 1 saturated carbocycles. The minimum absolute atomic E-state index is 0.0422. The molecule has 9 nitrogen and oxygen atoms in total. The van der Waals surface area contributed by atoms with Crippen LogP contribution in [0.1, 0.15) is 48.0 Å². The van der Waals surface area contributed by atoms with Crippen LogP contribution >= 0.6 is 11.6 Å². The van der Waals surface area contributed by atoms with Crippen molar-refractivity contribution in [2.75, 3.05) is 25.1 Å². The van der Waals surface area contributed by atoms with E-state index in [2.05, 4.69) is 20.6 Å². The Bertz CT molecular complexity index is 1090. The molecule has 0 unspecified atom stereocenters. The zero-order chi connectivity index (χ0) is 23.7. The predicted octanol–water partition coefficient (Wildman–Crippen LogP) is 2.37. The van der Waals surface area contributed by atoms with Gasteiger partial charge < -0.3 is 25.4 Å². The molecule has 3 aliphatic rings. The second-order valence-corrected chi connectivity index (χ2v) is 9.53. The van der Waals surface area contributed by atoms with E-state index in [1.165, 1.54) is 4.90 Å². The Labute approximate surface area is 202 Å². The van der Waals surface area contributed by atoms with E-state index < -0.39 is 6.10 Å². The fourth-order valence-electron chi connectivity index (χ4n) is 4.83. The van der Waals surface area contributed by atoms with Gasteiger partial charge >= 0.3 is 0 Å². The number of anilines is 1. The van der Waals surface area contributed by atoms with Crippen molar-refractivity contribution in [1.29, 1.82) is 0 Å². The number of nitrogens with one attached hydrogen (secondary N) is 2. The lowest BCUT2D eigenvalue weighted by Gasteiger charge is -2.23. The third-order valence-corrected chi connectivity index (χ3v) is 7.00. The summed E-state index contributed by atoms with van der Waals surface area (Å²) < 4.78 is 5.40. The first-order chi connectivity index (χ1) is 16.5. The fraction of sp³-hybridized carbons (Fsp3) is 0.500. The van der Waals surface area contributed by atoms with E-state index in [0.29, 0.717) is 48.4 Å². The summed E-state index contributed by atoms with van der Waals surface area (Å²) in [6.45, 7) is 1.74. The third kappa shape index (κ3) is 4.87. The third-order valence-electron chi connectivity index (χ3n) is 6.72. The van der Waals surface area contributed by atoms with Gasteiger partial charge in [-0.2, -0.15) is 0 Å². The Kier molecular flexibility index (Phi) is 6.67. The number of amides is 2. The molecular formula is C24H28ClN5O4. The van der Waals surface area contributed by atoms with Gasteiger partial charge in [-0.3, -0.25) is 9.59 Å². The smallest absolute Gasteiger partial charge is 0.254 e. The van der Waals surface area contributed by atoms with E-state index in [-0.39, 0.29) is 30.4 Å². The van der Waals surface area contributed by atoms with Crippen LogP contribution < -0.4 is 10.6 Å². The van der Waals surface area contributed by atoms with E-state index in [1.54, 1.807) is 12.3 Å². The molecule has 1 aromatic heterocycles. The summed E-state index contributed by atoms with van der Waals surface area (Å²) in [7, 11) is 0. The first-order valence-electron chi connectivity index (χ1n) is 11.7. The van der Waals surface area contributed by atoms with Gasteiger partial charge in [0, 0.05) is 36.9 Å². The molecule has 2 fully saturated rings. The molecule has 0 radical (unpaired) electrons. The Morgan fingerprint density at radius 1 is 1.24 bits per heavy atom. The number of carbonyl (C=O) groups excluding carboxylic acids is 2. The SMILES string of the molecule is O=C(CN1Cc2ccc(-c3nc(NC4CCOCC4)ncc3Cl)cc2C1=O)N[C@H]1CCC[C@H]1O. The van der Waals surface area contributed by atoms with Crippen molar-refractivity contribution in [3.63, 3.8) is 0 Å². The van der Waals surface area contributed by atoms with Crippen LogP contribution in [0.4, 0.5) is 5.95 Å². The number of hydrogen-bond acceptors (Lipinski definition) is 7. The van der Waals surface area contributed by atoms with Gasteiger partial charge in [-0.15, -0.1) is 0 Å². The van der Waals surface area contributed by atoms with Gasteiger partial charge in [0.05, 0.1) is 29.1 Å². The number of aliphatic hydroxyl groups excluding tert-OH is 1. The van der Waals surface area contributed by atoms with E-state index in [9.17, 15) is 14.7 Å². The van der Waals surface area contributed by atoms with Gasteiger partial charge in [-0.05, 0) is 43.7 Å². The number of carbonyl (C=O) groups is 2. The molecule has 1 saturated heterocycles. The molecule has 2 aromatic rings. The van der Waals surface area contributed by atoms with Crippen LogP contribution in [0.25, 0.3) is 11.3 Å². The lowest BCUT2D eigenvalue weighted by Crippen LogP contribution is -2.45. The minimum atomic E-state index is -0.513. The van der Waals surface area contributed by atoms with Crippen molar-refractivity contribution in [1.82, 2.24) is 20.2 Å². The maximum atomic E-state index is 13.0. The van der Waals surface area contributed by atoms with Crippen molar-refractivity contribution >= 4 is 29.4 Å². The highest BCUT2D eigenvalue weighted by atomic mass is 35.5. The molecule has 180 valence electrons. The molecule has 3 heterocycles. The lowest BCUT2D eigenvalue weighted by atomic mass is 10.0. The maximum Gasteiger partial charge on any atom is 0.254 e. The molecule has 0 bridgehead atoms. The number of hydrogen-bond donors (Lipinski definition) is 3. The number of fused-ring (bicyclic) bond motifs is 1. The summed E-state index contributed by atoms with van der Waals surface area (Å²) in [6, 6.07) is 5.56. The van der Waals surface area contributed by atoms with Crippen LogP contribution in [0.2, 0.25) is 5.02 Å². The molecule has 0 spiro atoms. The molecule has 3 N–H and O–H groups in total. The molecule has 2 aliphatic heterocycles. The summed E-state index contributed by atoms with van der Waals surface area (Å²) >= 11 is 6.41. The van der Waals surface area contributed by atoms with E-state index in [0.717, 1.165) is 36.8 Å². The van der Waals surface area contributed by atoms with Crippen LogP contribution in [-0.4, -0.2) is 69.7 Å². The van der Waals surface area contributed by atoms with Crippen molar-refractivity contribution < 1.29 is 19.4 Å². The topological polar surface area (TPSA) is 117 Å². The fourth-order valence-corrected chi connectivity index (χ4v) is 5.03. The predicted molar refractivity (Wildman–Crippen MR) is 126 cm³/mol. The average Bonchev–Trinajstić information content (AvgIpc) is 3.38. The quantitative estimate of drug-likeness (QED) is 0.575. The van der Waals surface area contributed by atoms with Gasteiger partial charge in [-0.1, -0.05) is 23.7 Å². The molecule has 2 amide bonds. The number of nitrogens with zero attached hydrogens (tertiary/aromatic N) is 3. The Hall–Kier alpha value is -2.75. The van der Waals surface area contributed by atoms with E-state index >= 15 is 0 Å². The first-order valence-corrected chi connectivity index (χ1v) is 12.1. The van der Waals surface area contributed by atoms with Crippen LogP contribution in [-0.2, 0) is 16.1 Å². The number of halogens is 1. The molecule has 5 rings (SSSR count). The number of aliphatic hydroxyl groups is 1. The largest absolute Gasteiger partial charge is 0.391 e. The first kappa shape index (κ1) is 23.0. The highest BCUT2D eigenvalue weighted by Gasteiger charge is 2.32. The van der Waals surface area contributed by atoms with Crippen molar-refractivity contribution in [3.8, 4) is 11.3 Å². The van der Waals surface area contributed by atoms with Gasteiger partial charge in [0.1, 0.15) is 6.54 Å². The second kappa shape index (κ2) is 9.85. The highest BCUT2D eigenvalue weighted by molar-refractivity contribution is 6.33. The average molecular weight is 486 g/mol. The zero-order valence-electron chi connectivity index (χ0n) is 18.8. The Balaban J connectivity index is 1.29. The summed E-state index contributed by atoms with van der Waals surface area (Å²) in [4.78, 5) is 35.9. The van der Waals surface area contributed by atoms with Gasteiger partial charge in [0.15, 0.2) is 0 Å². The van der Waals surface area contributed by atoms with Crippen molar-refractivity contribution in [2.24, 2.45) is 0 Å². The monoisotopic (exact) mass is 485 g/mol. The van der Waals surface area contributed by atoms with Gasteiger partial charge in [-0.25, -0.2) is 9.97 Å². The summed E-state index contributed by atoms with van der Waals surface area (Å²) in [6.07, 6.45) is 5.17. The number of aromatic nitrogens is 2. The van der Waals surface area contributed by atoms with Crippen LogP contribution in [0.5, 0.6) is 0 Å². The molecule has 2 atom stereocenters. The number of ether oxygens (including phenoxy) is 1. The zero-order valence-corrected chi connectivity index (χ0v) is 19.6. The van der Waals surface area contributed by atoms with E-state index in [1.807, 2.05) is 12.1 Å². The Morgan fingerprint density at radius 2 is 2.06 bits per heavy atom. The molecular weight excluding hydrogens is 458 g/mol. The number of rotatable bonds is 6. The van der Waals surface area contributed by atoms with E-state index in [4.69, 9.17) is 16.3 Å². The molecule has 1 aliphatic carbocycles. The van der Waals surface area contributed by atoms with Gasteiger partial charge in [0.2, 0.25) is 11.9 Å².